The van der Waals surface area contributed by atoms with Crippen LogP contribution in [0.3, 0.4) is 0 Å². The van der Waals surface area contributed by atoms with Gasteiger partial charge in [-0.2, -0.15) is 0 Å². The molecule has 0 saturated carbocycles. The minimum Gasteiger partial charge on any atom is -0.378 e. The van der Waals surface area contributed by atoms with Crippen molar-refractivity contribution in [3.8, 4) is 11.3 Å². The van der Waals surface area contributed by atoms with Crippen molar-refractivity contribution in [3.05, 3.63) is 66.4 Å². The Kier molecular flexibility index (Phi) is 31.5. The standard InChI is InChI=1S/C55H82N8O18/c64-51-10-11-52(65)63(51)81-53(66)14-20-69-22-24-71-26-28-73-30-32-75-34-36-77-38-40-79-42-43-80-41-39-78-37-35-76-33-31-74-29-27-72-25-23-70-21-19-61-45-50(57-58-61)47-6-8-48(9-7-47)56-54(67)59-15-12-49(13-16-59)62-18-17-60(55(62)68)44-46-4-2-1-3-5-46/h1-9,45,49H,10-44H2,(H,56,67). The summed E-state index contributed by atoms with van der Waals surface area (Å²) >= 11 is 0. The molecule has 0 aliphatic carbocycles. The zero-order chi connectivity index (χ0) is 56.8. The van der Waals surface area contributed by atoms with E-state index < -0.39 is 17.8 Å². The second kappa shape index (κ2) is 39.6. The Morgan fingerprint density at radius 3 is 1.43 bits per heavy atom. The summed E-state index contributed by atoms with van der Waals surface area (Å²) in [5, 5.41) is 12.1. The zero-order valence-electron chi connectivity index (χ0n) is 46.6. The van der Waals surface area contributed by atoms with E-state index in [2.05, 4.69) is 15.6 Å². The number of rotatable bonds is 45. The van der Waals surface area contributed by atoms with E-state index in [9.17, 15) is 24.0 Å². The molecule has 0 unspecified atom stereocenters. The fourth-order valence-corrected chi connectivity index (χ4v) is 8.38. The maximum atomic E-state index is 13.1. The van der Waals surface area contributed by atoms with Gasteiger partial charge in [0, 0.05) is 62.9 Å². The van der Waals surface area contributed by atoms with E-state index in [1.54, 1.807) is 4.68 Å². The molecule has 2 aromatic carbocycles. The molecule has 450 valence electrons. The minimum atomic E-state index is -0.706. The third kappa shape index (κ3) is 25.9. The van der Waals surface area contributed by atoms with Crippen LogP contribution in [-0.4, -0.2) is 255 Å². The number of hydroxylamine groups is 2. The molecule has 0 radical (unpaired) electrons. The number of hydrogen-bond donors (Lipinski definition) is 1. The van der Waals surface area contributed by atoms with Crippen molar-refractivity contribution < 1.29 is 85.7 Å². The highest BCUT2D eigenvalue weighted by Crippen LogP contribution is 2.24. The lowest BCUT2D eigenvalue weighted by atomic mass is 10.0. The van der Waals surface area contributed by atoms with Crippen molar-refractivity contribution in [3.63, 3.8) is 0 Å². The first-order valence-electron chi connectivity index (χ1n) is 28.0. The summed E-state index contributed by atoms with van der Waals surface area (Å²) in [6.07, 6.45) is 3.40. The van der Waals surface area contributed by atoms with Gasteiger partial charge in [-0.3, -0.25) is 9.59 Å². The van der Waals surface area contributed by atoms with Gasteiger partial charge in [0.25, 0.3) is 11.8 Å². The number of carbonyl (C=O) groups is 5. The average Bonchev–Trinajstić information content (AvgIpc) is 4.20. The molecular weight excluding hydrogens is 1060 g/mol. The molecule has 3 aliphatic heterocycles. The van der Waals surface area contributed by atoms with Gasteiger partial charge in [0.1, 0.15) is 5.69 Å². The SMILES string of the molecule is O=C(CCOCCOCCOCCOCCOCCOCCOCCOCCOCCOCCOCCOCCn1cc(-c2ccc(NC(=O)N3CCC(N4CCN(Cc5ccccc5)C4=O)CC3)cc2)nn1)ON1C(=O)CCC1=O. The maximum absolute atomic E-state index is 13.1. The number of nitrogens with one attached hydrogen (secondary N) is 1. The number of imide groups is 1. The number of hydrogen-bond acceptors (Lipinski definition) is 20. The Morgan fingerprint density at radius 2 is 0.963 bits per heavy atom. The van der Waals surface area contributed by atoms with Crippen LogP contribution < -0.4 is 5.32 Å². The number of piperidine rings is 1. The number of likely N-dealkylation sites (tertiary alicyclic amines) is 1. The summed E-state index contributed by atoms with van der Waals surface area (Å²) in [5.74, 6) is -1.74. The number of aromatic nitrogens is 3. The van der Waals surface area contributed by atoms with Crippen LogP contribution in [-0.2, 0) is 89.2 Å². The zero-order valence-corrected chi connectivity index (χ0v) is 46.6. The predicted octanol–water partition coefficient (Wildman–Crippen LogP) is 3.08. The summed E-state index contributed by atoms with van der Waals surface area (Å²) in [5.41, 5.74) is 3.43. The van der Waals surface area contributed by atoms with E-state index in [1.807, 2.05) is 75.5 Å². The molecule has 3 aromatic rings. The Labute approximate surface area is 473 Å². The van der Waals surface area contributed by atoms with Crippen molar-refractivity contribution in [2.75, 3.05) is 190 Å². The number of amides is 6. The first kappa shape index (κ1) is 64.4. The van der Waals surface area contributed by atoms with E-state index in [4.69, 9.17) is 61.7 Å². The highest BCUT2D eigenvalue weighted by molar-refractivity contribution is 6.01. The van der Waals surface area contributed by atoms with Crippen LogP contribution >= 0.6 is 0 Å². The molecule has 6 rings (SSSR count). The molecule has 0 spiro atoms. The normalized spacial score (nSPS) is 15.0. The second-order valence-corrected chi connectivity index (χ2v) is 18.6. The highest BCUT2D eigenvalue weighted by Gasteiger charge is 2.36. The summed E-state index contributed by atoms with van der Waals surface area (Å²) in [6.45, 7) is 13.9. The van der Waals surface area contributed by atoms with Crippen molar-refractivity contribution in [1.82, 2.24) is 34.8 Å². The first-order chi connectivity index (χ1) is 39.8. The monoisotopic (exact) mass is 1140 g/mol. The van der Waals surface area contributed by atoms with Gasteiger partial charge < -0.3 is 81.7 Å². The van der Waals surface area contributed by atoms with Crippen molar-refractivity contribution in [2.24, 2.45) is 0 Å². The average molecular weight is 1140 g/mol. The Hall–Kier alpha value is -5.75. The van der Waals surface area contributed by atoms with Crippen LogP contribution in [0.15, 0.2) is 60.8 Å². The molecule has 6 amide bonds. The van der Waals surface area contributed by atoms with Gasteiger partial charge in [-0.25, -0.2) is 19.1 Å². The van der Waals surface area contributed by atoms with E-state index >= 15 is 0 Å². The fourth-order valence-electron chi connectivity index (χ4n) is 8.38. The van der Waals surface area contributed by atoms with Crippen LogP contribution in [0, 0.1) is 0 Å². The van der Waals surface area contributed by atoms with Gasteiger partial charge in [0.15, 0.2) is 0 Å². The third-order valence-electron chi connectivity index (χ3n) is 12.7. The number of anilines is 1. The number of benzene rings is 2. The lowest BCUT2D eigenvalue weighted by Gasteiger charge is -2.36. The van der Waals surface area contributed by atoms with E-state index in [0.29, 0.717) is 182 Å². The molecule has 3 saturated heterocycles. The van der Waals surface area contributed by atoms with Crippen LogP contribution in [0.2, 0.25) is 0 Å². The van der Waals surface area contributed by atoms with Gasteiger partial charge >= 0.3 is 18.0 Å². The quantitative estimate of drug-likeness (QED) is 0.0630. The number of urea groups is 2. The van der Waals surface area contributed by atoms with Crippen LogP contribution in [0.4, 0.5) is 15.3 Å². The summed E-state index contributed by atoms with van der Waals surface area (Å²) in [6, 6.07) is 17.7. The topological polar surface area (TPSA) is 261 Å². The molecule has 1 aromatic heterocycles. The lowest BCUT2D eigenvalue weighted by Crippen LogP contribution is -2.49. The number of nitrogens with zero attached hydrogens (tertiary/aromatic N) is 7. The summed E-state index contributed by atoms with van der Waals surface area (Å²) < 4.78 is 67.8. The molecule has 3 fully saturated rings. The van der Waals surface area contributed by atoms with Gasteiger partial charge in [0.05, 0.1) is 178 Å². The molecule has 0 bridgehead atoms. The van der Waals surface area contributed by atoms with Gasteiger partial charge in [0.2, 0.25) is 0 Å². The molecular formula is C55H82N8O18. The highest BCUT2D eigenvalue weighted by atomic mass is 16.7. The maximum Gasteiger partial charge on any atom is 0.335 e. The smallest absolute Gasteiger partial charge is 0.335 e. The molecule has 0 atom stereocenters. The fraction of sp³-hybridized carbons (Fsp3) is 0.655. The van der Waals surface area contributed by atoms with Crippen LogP contribution in [0.25, 0.3) is 11.3 Å². The largest absolute Gasteiger partial charge is 0.378 e. The number of ether oxygens (including phenoxy) is 12. The number of carbonyl (C=O) groups excluding carboxylic acids is 5. The molecule has 26 heteroatoms. The molecule has 1 N–H and O–H groups in total. The van der Waals surface area contributed by atoms with Crippen LogP contribution in [0.1, 0.15) is 37.7 Å². The van der Waals surface area contributed by atoms with Crippen molar-refractivity contribution >= 4 is 35.5 Å². The minimum absolute atomic E-state index is 0.0516. The summed E-state index contributed by atoms with van der Waals surface area (Å²) in [7, 11) is 0. The Morgan fingerprint density at radius 1 is 0.519 bits per heavy atom. The molecule has 26 nitrogen and oxygen atoms in total. The van der Waals surface area contributed by atoms with E-state index in [-0.39, 0.29) is 50.6 Å². The molecule has 4 heterocycles. The molecule has 81 heavy (non-hydrogen) atoms. The molecule has 3 aliphatic rings. The Balaban J connectivity index is 0.611. The second-order valence-electron chi connectivity index (χ2n) is 18.6. The lowest BCUT2D eigenvalue weighted by molar-refractivity contribution is -0.198. The summed E-state index contributed by atoms with van der Waals surface area (Å²) in [4.78, 5) is 71.3. The predicted molar refractivity (Wildman–Crippen MR) is 290 cm³/mol. The van der Waals surface area contributed by atoms with E-state index in [1.165, 1.54) is 0 Å². The van der Waals surface area contributed by atoms with Gasteiger partial charge in [-0.1, -0.05) is 47.7 Å². The van der Waals surface area contributed by atoms with E-state index in [0.717, 1.165) is 42.8 Å². The van der Waals surface area contributed by atoms with Crippen molar-refractivity contribution in [1.29, 1.82) is 0 Å². The third-order valence-corrected chi connectivity index (χ3v) is 12.7. The van der Waals surface area contributed by atoms with Crippen molar-refractivity contribution in [2.45, 2.75) is 51.2 Å². The van der Waals surface area contributed by atoms with Crippen LogP contribution in [0.5, 0.6) is 0 Å². The van der Waals surface area contributed by atoms with Gasteiger partial charge in [-0.05, 0) is 30.5 Å². The Bertz CT molecular complexity index is 2210. The van der Waals surface area contributed by atoms with Gasteiger partial charge in [-0.15, -0.1) is 10.2 Å². The first-order valence-corrected chi connectivity index (χ1v) is 28.0.